The molecule has 5 nitrogen and oxygen atoms in total. The Balaban J connectivity index is 1.76. The number of fused-ring (bicyclic) bond motifs is 1. The monoisotopic (exact) mass is 358 g/mol. The minimum atomic E-state index is -0.501. The van der Waals surface area contributed by atoms with Gasteiger partial charge in [0, 0.05) is 40.8 Å². The molecule has 0 spiro atoms. The van der Waals surface area contributed by atoms with Gasteiger partial charge in [0.15, 0.2) is 5.78 Å². The molecule has 2 aromatic carbocycles. The lowest BCUT2D eigenvalue weighted by Gasteiger charge is -2.01. The summed E-state index contributed by atoms with van der Waals surface area (Å²) in [6.45, 7) is 2.08. The van der Waals surface area contributed by atoms with Gasteiger partial charge in [0.1, 0.15) is 5.75 Å². The second-order valence-corrected chi connectivity index (χ2v) is 6.04. The van der Waals surface area contributed by atoms with E-state index in [-0.39, 0.29) is 5.78 Å². The van der Waals surface area contributed by atoms with Gasteiger partial charge in [0.2, 0.25) is 0 Å². The molecule has 134 valence electrons. The fourth-order valence-corrected chi connectivity index (χ4v) is 2.83. The van der Waals surface area contributed by atoms with Gasteiger partial charge in [0.05, 0.1) is 12.5 Å². The number of hydrogen-bond donors (Lipinski definition) is 0. The number of aryl methyl sites for hydroxylation is 1. The Morgan fingerprint density at radius 1 is 1.15 bits per heavy atom. The number of hydrogen-bond acceptors (Lipinski definition) is 4. The van der Waals surface area contributed by atoms with Crippen molar-refractivity contribution in [2.24, 2.45) is 0 Å². The average Bonchev–Trinajstić information content (AvgIpc) is 3.03. The number of Topliss-reactive ketones (excluding diaryl/α,β-unsaturated/α-hetero) is 1. The van der Waals surface area contributed by atoms with Gasteiger partial charge < -0.3 is 9.30 Å². The van der Waals surface area contributed by atoms with E-state index in [1.165, 1.54) is 13.0 Å². The molecule has 5 heteroatoms. The third kappa shape index (κ3) is 4.31. The van der Waals surface area contributed by atoms with Gasteiger partial charge in [0.25, 0.3) is 0 Å². The second-order valence-electron chi connectivity index (χ2n) is 6.04. The highest BCUT2D eigenvalue weighted by Crippen LogP contribution is 2.23. The molecule has 1 aromatic heterocycles. The molecule has 3 rings (SSSR count). The Morgan fingerprint density at radius 3 is 2.59 bits per heavy atom. The van der Waals surface area contributed by atoms with Gasteiger partial charge in [-0.25, -0.2) is 4.79 Å². The van der Waals surface area contributed by atoms with E-state index in [4.69, 9.17) is 10.00 Å². The van der Waals surface area contributed by atoms with Crippen LogP contribution in [0, 0.1) is 11.3 Å². The smallest absolute Gasteiger partial charge is 0.336 e. The lowest BCUT2D eigenvalue weighted by atomic mass is 10.1. The van der Waals surface area contributed by atoms with E-state index in [1.54, 1.807) is 30.3 Å². The number of ketones is 1. The highest BCUT2D eigenvalue weighted by Gasteiger charge is 2.07. The standard InChI is InChI=1S/C22H18N2O3/c1-16(25)17-7-10-19(11-8-17)27-22(26)12-9-18-15-24(14-4-13-23)21-6-3-2-5-20(18)21/h2-3,5-12,15H,4,14H2,1H3/b12-9+. The van der Waals surface area contributed by atoms with Gasteiger partial charge in [-0.3, -0.25) is 4.79 Å². The van der Waals surface area contributed by atoms with Crippen LogP contribution >= 0.6 is 0 Å². The number of aromatic nitrogens is 1. The molecule has 0 bridgehead atoms. The SMILES string of the molecule is CC(=O)c1ccc(OC(=O)/C=C/c2cn(CCC#N)c3ccccc23)cc1. The summed E-state index contributed by atoms with van der Waals surface area (Å²) >= 11 is 0. The predicted octanol–water partition coefficient (Wildman–Crippen LogP) is 4.38. The van der Waals surface area contributed by atoms with Crippen LogP contribution in [-0.2, 0) is 11.3 Å². The van der Waals surface area contributed by atoms with Gasteiger partial charge in [-0.05, 0) is 43.3 Å². The molecule has 0 N–H and O–H groups in total. The minimum absolute atomic E-state index is 0.0411. The molecule has 0 radical (unpaired) electrons. The molecular weight excluding hydrogens is 340 g/mol. The first-order valence-corrected chi connectivity index (χ1v) is 8.54. The lowest BCUT2D eigenvalue weighted by molar-refractivity contribution is -0.128. The zero-order chi connectivity index (χ0) is 19.2. The van der Waals surface area contributed by atoms with Crippen molar-refractivity contribution < 1.29 is 14.3 Å². The number of carbonyl (C=O) groups excluding carboxylic acids is 2. The number of carbonyl (C=O) groups is 2. The van der Waals surface area contributed by atoms with E-state index in [9.17, 15) is 9.59 Å². The molecule has 0 unspecified atom stereocenters. The van der Waals surface area contributed by atoms with Crippen LogP contribution in [0.3, 0.4) is 0 Å². The van der Waals surface area contributed by atoms with Crippen LogP contribution in [0.15, 0.2) is 60.8 Å². The summed E-state index contributed by atoms with van der Waals surface area (Å²) in [6.07, 6.45) is 5.42. The number of nitriles is 1. The molecule has 0 atom stereocenters. The van der Waals surface area contributed by atoms with Crippen LogP contribution in [-0.4, -0.2) is 16.3 Å². The van der Waals surface area contributed by atoms with Crippen LogP contribution in [0.2, 0.25) is 0 Å². The molecule has 0 saturated carbocycles. The zero-order valence-corrected chi connectivity index (χ0v) is 14.9. The Bertz CT molecular complexity index is 1050. The van der Waals surface area contributed by atoms with Crippen molar-refractivity contribution in [3.8, 4) is 11.8 Å². The highest BCUT2D eigenvalue weighted by atomic mass is 16.5. The fraction of sp³-hybridized carbons (Fsp3) is 0.136. The van der Waals surface area contributed by atoms with Gasteiger partial charge in [-0.2, -0.15) is 5.26 Å². The quantitative estimate of drug-likeness (QED) is 0.284. The summed E-state index contributed by atoms with van der Waals surface area (Å²) in [4.78, 5) is 23.4. The van der Waals surface area contributed by atoms with Crippen LogP contribution in [0.1, 0.15) is 29.3 Å². The molecule has 1 heterocycles. The van der Waals surface area contributed by atoms with Crippen molar-refractivity contribution in [2.45, 2.75) is 19.9 Å². The van der Waals surface area contributed by atoms with Crippen molar-refractivity contribution >= 4 is 28.7 Å². The third-order valence-corrected chi connectivity index (χ3v) is 4.16. The highest BCUT2D eigenvalue weighted by molar-refractivity contribution is 5.96. The van der Waals surface area contributed by atoms with E-state index >= 15 is 0 Å². The summed E-state index contributed by atoms with van der Waals surface area (Å²) in [5.41, 5.74) is 2.46. The van der Waals surface area contributed by atoms with E-state index in [0.29, 0.717) is 24.3 Å². The number of ether oxygens (including phenoxy) is 1. The lowest BCUT2D eigenvalue weighted by Crippen LogP contribution is -2.03. The Labute approximate surface area is 157 Å². The maximum atomic E-state index is 12.1. The predicted molar refractivity (Wildman–Crippen MR) is 103 cm³/mol. The Kier molecular flexibility index (Phi) is 5.48. The Hall–Kier alpha value is -3.65. The van der Waals surface area contributed by atoms with Crippen LogP contribution in [0.4, 0.5) is 0 Å². The summed E-state index contributed by atoms with van der Waals surface area (Å²) in [6, 6.07) is 16.4. The van der Waals surface area contributed by atoms with Gasteiger partial charge >= 0.3 is 5.97 Å². The molecule has 0 aliphatic rings. The van der Waals surface area contributed by atoms with Crippen molar-refractivity contribution in [3.63, 3.8) is 0 Å². The fourth-order valence-electron chi connectivity index (χ4n) is 2.83. The molecule has 0 fully saturated rings. The number of rotatable bonds is 6. The summed E-state index contributed by atoms with van der Waals surface area (Å²) in [7, 11) is 0. The number of para-hydroxylation sites is 1. The summed E-state index contributed by atoms with van der Waals surface area (Å²) < 4.78 is 7.27. The van der Waals surface area contributed by atoms with Crippen molar-refractivity contribution in [1.82, 2.24) is 4.57 Å². The van der Waals surface area contributed by atoms with E-state index in [1.807, 2.05) is 35.0 Å². The molecule has 0 aliphatic heterocycles. The average molecular weight is 358 g/mol. The third-order valence-electron chi connectivity index (χ3n) is 4.16. The number of benzene rings is 2. The molecule has 3 aromatic rings. The molecule has 0 saturated heterocycles. The van der Waals surface area contributed by atoms with Gasteiger partial charge in [-0.1, -0.05) is 18.2 Å². The van der Waals surface area contributed by atoms with Crippen molar-refractivity contribution in [1.29, 1.82) is 5.26 Å². The second kappa shape index (κ2) is 8.15. The maximum absolute atomic E-state index is 12.1. The summed E-state index contributed by atoms with van der Waals surface area (Å²) in [5.74, 6) is -0.161. The molecular formula is C22H18N2O3. The zero-order valence-electron chi connectivity index (χ0n) is 14.9. The van der Waals surface area contributed by atoms with E-state index < -0.39 is 5.97 Å². The van der Waals surface area contributed by atoms with Crippen molar-refractivity contribution in [3.05, 3.63) is 71.9 Å². The van der Waals surface area contributed by atoms with E-state index in [0.717, 1.165) is 16.5 Å². The topological polar surface area (TPSA) is 72.1 Å². The van der Waals surface area contributed by atoms with Crippen LogP contribution < -0.4 is 4.74 Å². The first-order valence-electron chi connectivity index (χ1n) is 8.54. The summed E-state index contributed by atoms with van der Waals surface area (Å²) in [5, 5.41) is 9.82. The largest absolute Gasteiger partial charge is 0.423 e. The van der Waals surface area contributed by atoms with Crippen molar-refractivity contribution in [2.75, 3.05) is 0 Å². The number of esters is 1. The van der Waals surface area contributed by atoms with Crippen LogP contribution in [0.5, 0.6) is 5.75 Å². The minimum Gasteiger partial charge on any atom is -0.423 e. The first-order chi connectivity index (χ1) is 13.1. The number of nitrogens with zero attached hydrogens (tertiary/aromatic N) is 2. The molecule has 0 amide bonds. The molecule has 0 aliphatic carbocycles. The van der Waals surface area contributed by atoms with E-state index in [2.05, 4.69) is 6.07 Å². The normalized spacial score (nSPS) is 10.8. The maximum Gasteiger partial charge on any atom is 0.336 e. The van der Waals surface area contributed by atoms with Crippen LogP contribution in [0.25, 0.3) is 17.0 Å². The van der Waals surface area contributed by atoms with Gasteiger partial charge in [-0.15, -0.1) is 0 Å². The molecule has 27 heavy (non-hydrogen) atoms. The Morgan fingerprint density at radius 2 is 1.89 bits per heavy atom. The first kappa shape index (κ1) is 18.2.